The van der Waals surface area contributed by atoms with E-state index in [-0.39, 0.29) is 23.4 Å². The van der Waals surface area contributed by atoms with Gasteiger partial charge in [-0.05, 0) is 38.5 Å². The molecule has 5 heteroatoms. The van der Waals surface area contributed by atoms with E-state index in [9.17, 15) is 9.90 Å². The number of carbonyl (C=O) groups excluding carboxylic acids is 1. The first-order valence-electron chi connectivity index (χ1n) is 6.28. The molecule has 98 valence electrons. The minimum Gasteiger partial charge on any atom is -0.367 e. The SMILES string of the molecule is COC(O)C12CCC(NC(=O)CN)(CC1)CC2. The van der Waals surface area contributed by atoms with E-state index in [1.807, 2.05) is 0 Å². The zero-order valence-electron chi connectivity index (χ0n) is 10.4. The van der Waals surface area contributed by atoms with Crippen LogP contribution in [0.25, 0.3) is 0 Å². The lowest BCUT2D eigenvalue weighted by Crippen LogP contribution is -2.59. The molecule has 0 aromatic carbocycles. The molecule has 0 saturated heterocycles. The molecule has 1 unspecified atom stereocenters. The van der Waals surface area contributed by atoms with Crippen LogP contribution in [0.3, 0.4) is 0 Å². The molecule has 1 amide bonds. The van der Waals surface area contributed by atoms with E-state index in [1.54, 1.807) is 7.11 Å². The molecule has 4 N–H and O–H groups in total. The molecular weight excluding hydrogens is 220 g/mol. The van der Waals surface area contributed by atoms with E-state index < -0.39 is 6.29 Å². The van der Waals surface area contributed by atoms with E-state index in [0.717, 1.165) is 38.5 Å². The zero-order chi connectivity index (χ0) is 12.5. The molecule has 17 heavy (non-hydrogen) atoms. The Balaban J connectivity index is 2.02. The summed E-state index contributed by atoms with van der Waals surface area (Å²) in [6.07, 6.45) is 4.80. The number of nitrogens with two attached hydrogens (primary N) is 1. The Morgan fingerprint density at radius 1 is 1.35 bits per heavy atom. The predicted octanol–water partition coefficient (Wildman–Crippen LogP) is 0.119. The van der Waals surface area contributed by atoms with Crippen molar-refractivity contribution in [2.24, 2.45) is 11.1 Å². The van der Waals surface area contributed by atoms with Gasteiger partial charge in [0.25, 0.3) is 0 Å². The summed E-state index contributed by atoms with van der Waals surface area (Å²) in [5.41, 5.74) is 5.17. The van der Waals surface area contributed by atoms with Gasteiger partial charge in [0.15, 0.2) is 6.29 Å². The van der Waals surface area contributed by atoms with E-state index in [4.69, 9.17) is 10.5 Å². The van der Waals surface area contributed by atoms with Crippen molar-refractivity contribution in [2.45, 2.75) is 50.4 Å². The lowest BCUT2D eigenvalue weighted by atomic mass is 9.57. The highest BCUT2D eigenvalue weighted by atomic mass is 16.6. The Bertz CT molecular complexity index is 282. The molecular formula is C12H22N2O3. The average molecular weight is 242 g/mol. The van der Waals surface area contributed by atoms with Gasteiger partial charge in [0.1, 0.15) is 0 Å². The summed E-state index contributed by atoms with van der Waals surface area (Å²) in [5, 5.41) is 13.0. The lowest BCUT2D eigenvalue weighted by Gasteiger charge is -2.54. The first-order chi connectivity index (χ1) is 8.06. The van der Waals surface area contributed by atoms with E-state index in [0.29, 0.717) is 0 Å². The first kappa shape index (κ1) is 12.8. The van der Waals surface area contributed by atoms with Crippen molar-refractivity contribution in [3.05, 3.63) is 0 Å². The Labute approximate surface area is 102 Å². The molecule has 1 atom stereocenters. The molecule has 0 heterocycles. The number of rotatable bonds is 4. The number of hydrogen-bond acceptors (Lipinski definition) is 4. The Morgan fingerprint density at radius 3 is 2.29 bits per heavy atom. The minimum absolute atomic E-state index is 0.0492. The van der Waals surface area contributed by atoms with Crippen LogP contribution in [-0.2, 0) is 9.53 Å². The molecule has 2 bridgehead atoms. The van der Waals surface area contributed by atoms with Gasteiger partial charge in [0.05, 0.1) is 6.54 Å². The van der Waals surface area contributed by atoms with Gasteiger partial charge in [-0.1, -0.05) is 0 Å². The largest absolute Gasteiger partial charge is 0.367 e. The second kappa shape index (κ2) is 4.55. The van der Waals surface area contributed by atoms with E-state index in [1.165, 1.54) is 0 Å². The Kier molecular flexibility index (Phi) is 3.43. The molecule has 3 fully saturated rings. The topological polar surface area (TPSA) is 84.6 Å². The summed E-state index contributed by atoms with van der Waals surface area (Å²) < 4.78 is 5.09. The quantitative estimate of drug-likeness (QED) is 0.611. The van der Waals surface area contributed by atoms with Crippen LogP contribution in [0, 0.1) is 5.41 Å². The maximum Gasteiger partial charge on any atom is 0.234 e. The monoisotopic (exact) mass is 242 g/mol. The highest BCUT2D eigenvalue weighted by Gasteiger charge is 2.52. The highest BCUT2D eigenvalue weighted by molar-refractivity contribution is 5.78. The fourth-order valence-corrected chi connectivity index (χ4v) is 3.37. The number of aliphatic hydroxyl groups is 1. The third-order valence-corrected chi connectivity index (χ3v) is 4.64. The number of methoxy groups -OCH3 is 1. The number of ether oxygens (including phenoxy) is 1. The van der Waals surface area contributed by atoms with Crippen LogP contribution < -0.4 is 11.1 Å². The van der Waals surface area contributed by atoms with Gasteiger partial charge >= 0.3 is 0 Å². The molecule has 3 aliphatic carbocycles. The molecule has 3 saturated carbocycles. The summed E-state index contributed by atoms with van der Waals surface area (Å²) >= 11 is 0. The third-order valence-electron chi connectivity index (χ3n) is 4.64. The Morgan fingerprint density at radius 2 is 1.88 bits per heavy atom. The number of fused-ring (bicyclic) bond motifs is 3. The van der Waals surface area contributed by atoms with Crippen LogP contribution in [0.4, 0.5) is 0 Å². The molecule has 3 rings (SSSR count). The molecule has 0 radical (unpaired) electrons. The molecule has 0 aliphatic heterocycles. The normalized spacial score (nSPS) is 37.8. The van der Waals surface area contributed by atoms with Crippen molar-refractivity contribution in [1.29, 1.82) is 0 Å². The van der Waals surface area contributed by atoms with Crippen LogP contribution in [0.2, 0.25) is 0 Å². The summed E-state index contributed by atoms with van der Waals surface area (Å²) in [7, 11) is 1.55. The van der Waals surface area contributed by atoms with Gasteiger partial charge in [0.2, 0.25) is 5.91 Å². The van der Waals surface area contributed by atoms with Crippen LogP contribution in [0.15, 0.2) is 0 Å². The lowest BCUT2D eigenvalue weighted by molar-refractivity contribution is -0.194. The maximum atomic E-state index is 11.4. The molecule has 0 aromatic rings. The van der Waals surface area contributed by atoms with Crippen molar-refractivity contribution in [1.82, 2.24) is 5.32 Å². The Hall–Kier alpha value is -0.650. The van der Waals surface area contributed by atoms with E-state index >= 15 is 0 Å². The number of nitrogens with one attached hydrogen (secondary N) is 1. The van der Waals surface area contributed by atoms with Gasteiger partial charge in [-0.25, -0.2) is 0 Å². The summed E-state index contributed by atoms with van der Waals surface area (Å²) in [5.74, 6) is -0.0771. The predicted molar refractivity (Wildman–Crippen MR) is 63.1 cm³/mol. The molecule has 5 nitrogen and oxygen atoms in total. The third kappa shape index (κ3) is 2.19. The van der Waals surface area contributed by atoms with Gasteiger partial charge in [-0.15, -0.1) is 0 Å². The second-order valence-electron chi connectivity index (χ2n) is 5.48. The molecule has 0 aromatic heterocycles. The fraction of sp³-hybridized carbons (Fsp3) is 0.917. The van der Waals surface area contributed by atoms with Crippen LogP contribution in [-0.4, -0.2) is 36.5 Å². The van der Waals surface area contributed by atoms with Crippen LogP contribution >= 0.6 is 0 Å². The first-order valence-corrected chi connectivity index (χ1v) is 6.28. The number of carbonyl (C=O) groups is 1. The van der Waals surface area contributed by atoms with Crippen molar-refractivity contribution in [2.75, 3.05) is 13.7 Å². The smallest absolute Gasteiger partial charge is 0.234 e. The van der Waals surface area contributed by atoms with Crippen LogP contribution in [0.1, 0.15) is 38.5 Å². The zero-order valence-corrected chi connectivity index (χ0v) is 10.4. The van der Waals surface area contributed by atoms with Crippen molar-refractivity contribution in [3.63, 3.8) is 0 Å². The fourth-order valence-electron chi connectivity index (χ4n) is 3.37. The standard InChI is InChI=1S/C12H22N2O3/c1-17-10(16)11-2-5-12(6-3-11,7-4-11)14-9(15)8-13/h10,16H,2-8,13H2,1H3,(H,14,15). The maximum absolute atomic E-state index is 11.4. The van der Waals surface area contributed by atoms with Gasteiger partial charge in [0, 0.05) is 18.1 Å². The van der Waals surface area contributed by atoms with Crippen molar-refractivity contribution < 1.29 is 14.6 Å². The molecule has 3 aliphatic rings. The average Bonchev–Trinajstić information content (AvgIpc) is 2.39. The summed E-state index contributed by atoms with van der Waals surface area (Å²) in [6, 6.07) is 0. The van der Waals surface area contributed by atoms with E-state index in [2.05, 4.69) is 5.32 Å². The second-order valence-corrected chi connectivity index (χ2v) is 5.48. The van der Waals surface area contributed by atoms with Crippen molar-refractivity contribution in [3.8, 4) is 0 Å². The number of aliphatic hydroxyl groups excluding tert-OH is 1. The van der Waals surface area contributed by atoms with Gasteiger partial charge in [-0.3, -0.25) is 4.79 Å². The van der Waals surface area contributed by atoms with Gasteiger partial charge < -0.3 is 20.9 Å². The van der Waals surface area contributed by atoms with Crippen molar-refractivity contribution >= 4 is 5.91 Å². The van der Waals surface area contributed by atoms with Crippen LogP contribution in [0.5, 0.6) is 0 Å². The highest BCUT2D eigenvalue weighted by Crippen LogP contribution is 2.54. The summed E-state index contributed by atoms with van der Waals surface area (Å²) in [6.45, 7) is 0.0492. The minimum atomic E-state index is -0.675. The number of hydrogen-bond donors (Lipinski definition) is 3. The summed E-state index contributed by atoms with van der Waals surface area (Å²) in [4.78, 5) is 11.4. The van der Waals surface area contributed by atoms with Gasteiger partial charge in [-0.2, -0.15) is 0 Å². The molecule has 0 spiro atoms. The number of amides is 1.